The number of unbranched alkanes of at least 4 members (excludes halogenated alkanes) is 1. The number of ether oxygens (including phenoxy) is 1. The van der Waals surface area contributed by atoms with E-state index in [2.05, 4.69) is 29.4 Å². The molecule has 0 bridgehead atoms. The number of likely N-dealkylation sites (tertiary alicyclic amines) is 1. The molecule has 2 aliphatic rings. The standard InChI is InChI=1S/C24H38N4O5S/c1-3-4-11-25-24(30)21-8-5-19(2)27(17-21)18-23(29)26-16-20-6-9-22(10-7-20)34(31,32)28-12-14-33-15-13-28/h6-7,9-10,19,21H,3-5,8,11-18H2,1-2H3,(H,25,30)(H,26,29). The number of piperidine rings is 1. The van der Waals surface area contributed by atoms with Gasteiger partial charge in [0.2, 0.25) is 21.8 Å². The lowest BCUT2D eigenvalue weighted by Crippen LogP contribution is -2.50. The van der Waals surface area contributed by atoms with Gasteiger partial charge in [0, 0.05) is 38.8 Å². The molecule has 34 heavy (non-hydrogen) atoms. The molecule has 190 valence electrons. The molecule has 10 heteroatoms. The van der Waals surface area contributed by atoms with E-state index in [0.717, 1.165) is 31.2 Å². The largest absolute Gasteiger partial charge is 0.379 e. The summed E-state index contributed by atoms with van der Waals surface area (Å²) >= 11 is 0. The predicted octanol–water partition coefficient (Wildman–Crippen LogP) is 1.34. The molecular weight excluding hydrogens is 456 g/mol. The molecule has 2 amide bonds. The van der Waals surface area contributed by atoms with Crippen LogP contribution in [0.5, 0.6) is 0 Å². The molecule has 1 aromatic rings. The summed E-state index contributed by atoms with van der Waals surface area (Å²) in [5, 5.41) is 5.92. The first kappa shape index (κ1) is 26.6. The lowest BCUT2D eigenvalue weighted by molar-refractivity contribution is -0.130. The molecule has 0 radical (unpaired) electrons. The van der Waals surface area contributed by atoms with Crippen LogP contribution in [-0.2, 0) is 30.9 Å². The summed E-state index contributed by atoms with van der Waals surface area (Å²) < 4.78 is 32.1. The summed E-state index contributed by atoms with van der Waals surface area (Å²) in [6, 6.07) is 6.87. The van der Waals surface area contributed by atoms with Crippen LogP contribution in [0.25, 0.3) is 0 Å². The quantitative estimate of drug-likeness (QED) is 0.476. The lowest BCUT2D eigenvalue weighted by atomic mass is 9.92. The Hall–Kier alpha value is -2.01. The highest BCUT2D eigenvalue weighted by molar-refractivity contribution is 7.89. The Kier molecular flexibility index (Phi) is 9.87. The number of carbonyl (C=O) groups is 2. The van der Waals surface area contributed by atoms with Crippen molar-refractivity contribution in [2.75, 3.05) is 45.9 Å². The van der Waals surface area contributed by atoms with E-state index in [1.807, 2.05) is 0 Å². The van der Waals surface area contributed by atoms with Crippen LogP contribution in [0.3, 0.4) is 0 Å². The minimum absolute atomic E-state index is 0.0814. The van der Waals surface area contributed by atoms with E-state index in [-0.39, 0.29) is 35.2 Å². The molecule has 0 aliphatic carbocycles. The zero-order valence-electron chi connectivity index (χ0n) is 20.3. The number of amides is 2. The van der Waals surface area contributed by atoms with Crippen LogP contribution in [0.2, 0.25) is 0 Å². The van der Waals surface area contributed by atoms with Gasteiger partial charge in [0.05, 0.1) is 30.6 Å². The van der Waals surface area contributed by atoms with Crippen LogP contribution >= 0.6 is 0 Å². The van der Waals surface area contributed by atoms with Crippen molar-refractivity contribution >= 4 is 21.8 Å². The van der Waals surface area contributed by atoms with Crippen molar-refractivity contribution in [3.05, 3.63) is 29.8 Å². The number of benzene rings is 1. The summed E-state index contributed by atoms with van der Waals surface area (Å²) in [6.45, 7) is 7.56. The van der Waals surface area contributed by atoms with E-state index in [4.69, 9.17) is 4.74 Å². The van der Waals surface area contributed by atoms with Crippen LogP contribution < -0.4 is 10.6 Å². The molecule has 0 aromatic heterocycles. The molecule has 1 aromatic carbocycles. The fourth-order valence-electron chi connectivity index (χ4n) is 4.30. The SMILES string of the molecule is CCCCNC(=O)C1CCC(C)N(CC(=O)NCc2ccc(S(=O)(=O)N3CCOCC3)cc2)C1. The Morgan fingerprint density at radius 2 is 1.79 bits per heavy atom. The molecule has 3 rings (SSSR count). The van der Waals surface area contributed by atoms with E-state index in [1.54, 1.807) is 24.3 Å². The van der Waals surface area contributed by atoms with Gasteiger partial charge in [0.25, 0.3) is 0 Å². The van der Waals surface area contributed by atoms with E-state index in [9.17, 15) is 18.0 Å². The second-order valence-electron chi connectivity index (χ2n) is 9.13. The molecule has 9 nitrogen and oxygen atoms in total. The molecule has 2 saturated heterocycles. The zero-order valence-corrected chi connectivity index (χ0v) is 21.1. The zero-order chi connectivity index (χ0) is 24.6. The maximum absolute atomic E-state index is 12.7. The number of rotatable bonds is 10. The van der Waals surface area contributed by atoms with Gasteiger partial charge in [0.1, 0.15) is 0 Å². The lowest BCUT2D eigenvalue weighted by Gasteiger charge is -2.36. The molecule has 2 unspecified atom stereocenters. The van der Waals surface area contributed by atoms with Crippen molar-refractivity contribution in [1.82, 2.24) is 19.8 Å². The second kappa shape index (κ2) is 12.6. The normalized spacial score (nSPS) is 22.3. The maximum atomic E-state index is 12.7. The van der Waals surface area contributed by atoms with Crippen molar-refractivity contribution in [2.45, 2.75) is 57.0 Å². The van der Waals surface area contributed by atoms with Gasteiger partial charge in [-0.1, -0.05) is 25.5 Å². The first-order valence-corrected chi connectivity index (χ1v) is 13.7. The Labute approximate surface area is 203 Å². The van der Waals surface area contributed by atoms with E-state index in [0.29, 0.717) is 45.9 Å². The van der Waals surface area contributed by atoms with Gasteiger partial charge in [-0.25, -0.2) is 8.42 Å². The fraction of sp³-hybridized carbons (Fsp3) is 0.667. The Bertz CT molecular complexity index is 916. The highest BCUT2D eigenvalue weighted by Gasteiger charge is 2.31. The number of nitrogens with one attached hydrogen (secondary N) is 2. The highest BCUT2D eigenvalue weighted by Crippen LogP contribution is 2.22. The molecule has 2 atom stereocenters. The molecular formula is C24H38N4O5S. The van der Waals surface area contributed by atoms with Crippen LogP contribution in [0.1, 0.15) is 45.1 Å². The number of nitrogens with zero attached hydrogens (tertiary/aromatic N) is 2. The third-order valence-corrected chi connectivity index (χ3v) is 8.49. The second-order valence-corrected chi connectivity index (χ2v) is 11.1. The van der Waals surface area contributed by atoms with Gasteiger partial charge in [-0.3, -0.25) is 14.5 Å². The Balaban J connectivity index is 1.48. The van der Waals surface area contributed by atoms with Gasteiger partial charge in [-0.15, -0.1) is 0 Å². The van der Waals surface area contributed by atoms with Crippen LogP contribution in [0.4, 0.5) is 0 Å². The van der Waals surface area contributed by atoms with Gasteiger partial charge < -0.3 is 15.4 Å². The smallest absolute Gasteiger partial charge is 0.243 e. The number of hydrogen-bond acceptors (Lipinski definition) is 6. The Morgan fingerprint density at radius 1 is 1.09 bits per heavy atom. The van der Waals surface area contributed by atoms with E-state index in [1.165, 1.54) is 4.31 Å². The minimum Gasteiger partial charge on any atom is -0.379 e. The Morgan fingerprint density at radius 3 is 2.47 bits per heavy atom. The average Bonchev–Trinajstić information content (AvgIpc) is 2.85. The highest BCUT2D eigenvalue weighted by atomic mass is 32.2. The third-order valence-electron chi connectivity index (χ3n) is 6.58. The van der Waals surface area contributed by atoms with Crippen molar-refractivity contribution in [3.8, 4) is 0 Å². The van der Waals surface area contributed by atoms with Gasteiger partial charge in [0.15, 0.2) is 0 Å². The number of sulfonamides is 1. The van der Waals surface area contributed by atoms with Crippen molar-refractivity contribution in [1.29, 1.82) is 0 Å². The summed E-state index contributed by atoms with van der Waals surface area (Å²) in [4.78, 5) is 27.3. The maximum Gasteiger partial charge on any atom is 0.243 e. The van der Waals surface area contributed by atoms with Crippen molar-refractivity contribution in [3.63, 3.8) is 0 Å². The predicted molar refractivity (Wildman–Crippen MR) is 130 cm³/mol. The summed E-state index contributed by atoms with van der Waals surface area (Å²) in [5.74, 6) is -0.108. The van der Waals surface area contributed by atoms with Crippen LogP contribution in [0, 0.1) is 5.92 Å². The first-order chi connectivity index (χ1) is 16.3. The molecule has 2 aliphatic heterocycles. The van der Waals surface area contributed by atoms with Gasteiger partial charge in [-0.2, -0.15) is 4.31 Å². The van der Waals surface area contributed by atoms with Crippen molar-refractivity contribution < 1.29 is 22.7 Å². The van der Waals surface area contributed by atoms with Crippen LogP contribution in [-0.4, -0.2) is 81.4 Å². The van der Waals surface area contributed by atoms with Crippen LogP contribution in [0.15, 0.2) is 29.2 Å². The topological polar surface area (TPSA) is 108 Å². The van der Waals surface area contributed by atoms with Gasteiger partial charge >= 0.3 is 0 Å². The van der Waals surface area contributed by atoms with E-state index < -0.39 is 10.0 Å². The molecule has 0 saturated carbocycles. The van der Waals surface area contributed by atoms with Crippen molar-refractivity contribution in [2.24, 2.45) is 5.92 Å². The number of morpholine rings is 1. The monoisotopic (exact) mass is 494 g/mol. The summed E-state index contributed by atoms with van der Waals surface area (Å²) in [6.07, 6.45) is 3.75. The molecule has 0 spiro atoms. The molecule has 2 fully saturated rings. The first-order valence-electron chi connectivity index (χ1n) is 12.3. The minimum atomic E-state index is -3.53. The number of carbonyl (C=O) groups excluding carboxylic acids is 2. The summed E-state index contributed by atoms with van der Waals surface area (Å²) in [7, 11) is -3.53. The fourth-order valence-corrected chi connectivity index (χ4v) is 5.71. The molecule has 2 heterocycles. The third kappa shape index (κ3) is 7.24. The average molecular weight is 495 g/mol. The van der Waals surface area contributed by atoms with E-state index >= 15 is 0 Å². The summed E-state index contributed by atoms with van der Waals surface area (Å²) in [5.41, 5.74) is 0.828. The van der Waals surface area contributed by atoms with Gasteiger partial charge in [-0.05, 0) is 43.9 Å². The molecule has 2 N–H and O–H groups in total. The number of hydrogen-bond donors (Lipinski definition) is 2.